The van der Waals surface area contributed by atoms with Gasteiger partial charge >= 0.3 is 0 Å². The van der Waals surface area contributed by atoms with Gasteiger partial charge in [-0.3, -0.25) is 9.59 Å². The molecule has 0 atom stereocenters. The second kappa shape index (κ2) is 3.03. The van der Waals surface area contributed by atoms with Crippen LogP contribution in [0.15, 0.2) is 0 Å². The Labute approximate surface area is 51.7 Å². The van der Waals surface area contributed by atoms with Crippen LogP contribution >= 0.6 is 0 Å². The lowest BCUT2D eigenvalue weighted by Gasteiger charge is -2.10. The third-order valence-electron chi connectivity index (χ3n) is 0.892. The quantitative estimate of drug-likeness (QED) is 0.378. The van der Waals surface area contributed by atoms with Crippen molar-refractivity contribution in [1.82, 2.24) is 10.6 Å². The van der Waals surface area contributed by atoms with Gasteiger partial charge in [0, 0.05) is 0 Å². The molecule has 1 saturated heterocycles. The molecule has 0 aromatic carbocycles. The maximum Gasteiger partial charge on any atom is 0.239 e. The van der Waals surface area contributed by atoms with Gasteiger partial charge in [0.2, 0.25) is 11.8 Å². The van der Waals surface area contributed by atoms with E-state index in [9.17, 15) is 9.59 Å². The molecule has 52 valence electrons. The fourth-order valence-electron chi connectivity index (χ4n) is 0.483. The van der Waals surface area contributed by atoms with Crippen LogP contribution in [0.3, 0.4) is 0 Å². The van der Waals surface area contributed by atoms with Crippen molar-refractivity contribution in [3.05, 3.63) is 0 Å². The highest BCUT2D eigenvalue weighted by atomic mass is 16.2. The highest BCUT2D eigenvalue weighted by molar-refractivity contribution is 5.92. The highest BCUT2D eigenvalue weighted by Crippen LogP contribution is 1.72. The first kappa shape index (κ1) is 7.90. The summed E-state index contributed by atoms with van der Waals surface area (Å²) in [5.74, 6) is -0.241. The first-order valence-electron chi connectivity index (χ1n) is 2.32. The van der Waals surface area contributed by atoms with Crippen LogP contribution in [0.1, 0.15) is 0 Å². The molecule has 0 radical (unpaired) electrons. The predicted molar refractivity (Wildman–Crippen MR) is 29.6 cm³/mol. The number of amides is 2. The van der Waals surface area contributed by atoms with Crippen molar-refractivity contribution in [3.8, 4) is 0 Å². The molecule has 5 nitrogen and oxygen atoms in total. The smallest absolute Gasteiger partial charge is 0.239 e. The lowest BCUT2D eigenvalue weighted by molar-refractivity contribution is -0.130. The summed E-state index contributed by atoms with van der Waals surface area (Å²) in [7, 11) is 0. The van der Waals surface area contributed by atoms with E-state index in [1.807, 2.05) is 0 Å². The highest BCUT2D eigenvalue weighted by Gasteiger charge is 2.11. The fraction of sp³-hybridized carbons (Fsp3) is 0.500. The van der Waals surface area contributed by atoms with Crippen LogP contribution in [0.2, 0.25) is 0 Å². The van der Waals surface area contributed by atoms with Gasteiger partial charge in [-0.25, -0.2) is 0 Å². The van der Waals surface area contributed by atoms with E-state index in [0.29, 0.717) is 0 Å². The molecule has 1 aliphatic heterocycles. The Morgan fingerprint density at radius 1 is 1.00 bits per heavy atom. The summed E-state index contributed by atoms with van der Waals surface area (Å²) in [5, 5.41) is 4.76. The van der Waals surface area contributed by atoms with E-state index in [2.05, 4.69) is 10.6 Å². The third kappa shape index (κ3) is 2.09. The minimum absolute atomic E-state index is 0. The second-order valence-corrected chi connectivity index (χ2v) is 1.55. The lowest BCUT2D eigenvalue weighted by atomic mass is 10.4. The van der Waals surface area contributed by atoms with Crippen molar-refractivity contribution in [2.24, 2.45) is 0 Å². The van der Waals surface area contributed by atoms with Crippen molar-refractivity contribution >= 4 is 11.8 Å². The van der Waals surface area contributed by atoms with E-state index < -0.39 is 0 Å². The fourth-order valence-corrected chi connectivity index (χ4v) is 0.483. The van der Waals surface area contributed by atoms with Crippen molar-refractivity contribution in [1.29, 1.82) is 0 Å². The SMILES string of the molecule is O.O=C1CNC(=O)CN1. The topological polar surface area (TPSA) is 89.7 Å². The van der Waals surface area contributed by atoms with Gasteiger partial charge in [-0.05, 0) is 0 Å². The van der Waals surface area contributed by atoms with Crippen LogP contribution < -0.4 is 10.6 Å². The number of hydrogen-bond acceptors (Lipinski definition) is 2. The van der Waals surface area contributed by atoms with Gasteiger partial charge in [0.05, 0.1) is 13.1 Å². The zero-order valence-corrected chi connectivity index (χ0v) is 4.73. The predicted octanol–water partition coefficient (Wildman–Crippen LogP) is -2.59. The van der Waals surface area contributed by atoms with Crippen molar-refractivity contribution < 1.29 is 15.1 Å². The summed E-state index contributed by atoms with van der Waals surface area (Å²) in [4.78, 5) is 20.6. The molecule has 1 rings (SSSR count). The van der Waals surface area contributed by atoms with E-state index >= 15 is 0 Å². The van der Waals surface area contributed by atoms with E-state index in [1.165, 1.54) is 0 Å². The molecule has 0 spiro atoms. The Balaban J connectivity index is 0.000000640. The molecule has 1 aliphatic rings. The molecule has 0 aliphatic carbocycles. The van der Waals surface area contributed by atoms with Crippen molar-refractivity contribution in [2.75, 3.05) is 13.1 Å². The first-order valence-corrected chi connectivity index (χ1v) is 2.32. The Kier molecular flexibility index (Phi) is 2.66. The molecule has 0 aromatic rings. The van der Waals surface area contributed by atoms with E-state index in [1.54, 1.807) is 0 Å². The molecule has 1 heterocycles. The van der Waals surface area contributed by atoms with Gasteiger partial charge in [-0.1, -0.05) is 0 Å². The molecule has 0 aromatic heterocycles. The molecule has 0 bridgehead atoms. The minimum Gasteiger partial charge on any atom is -0.412 e. The van der Waals surface area contributed by atoms with Gasteiger partial charge in [-0.2, -0.15) is 0 Å². The molecule has 1 fully saturated rings. The molecule has 2 amide bonds. The Bertz CT molecular complexity index is 106. The molecular weight excluding hydrogens is 124 g/mol. The van der Waals surface area contributed by atoms with Gasteiger partial charge in [0.25, 0.3) is 0 Å². The normalized spacial score (nSPS) is 17.3. The van der Waals surface area contributed by atoms with E-state index in [0.717, 1.165) is 0 Å². The Morgan fingerprint density at radius 3 is 1.56 bits per heavy atom. The number of carbonyl (C=O) groups is 2. The summed E-state index contributed by atoms with van der Waals surface area (Å²) < 4.78 is 0. The zero-order valence-electron chi connectivity index (χ0n) is 4.73. The molecule has 5 heteroatoms. The summed E-state index contributed by atoms with van der Waals surface area (Å²) in [6.07, 6.45) is 0. The minimum atomic E-state index is -0.121. The maximum atomic E-state index is 10.3. The summed E-state index contributed by atoms with van der Waals surface area (Å²) in [5.41, 5.74) is 0. The van der Waals surface area contributed by atoms with Crippen LogP contribution in [0.5, 0.6) is 0 Å². The number of hydrogen-bond donors (Lipinski definition) is 2. The number of carbonyl (C=O) groups excluding carboxylic acids is 2. The average molecular weight is 132 g/mol. The van der Waals surface area contributed by atoms with Crippen molar-refractivity contribution in [3.63, 3.8) is 0 Å². The van der Waals surface area contributed by atoms with Crippen LogP contribution in [-0.2, 0) is 9.59 Å². The second-order valence-electron chi connectivity index (χ2n) is 1.55. The summed E-state index contributed by atoms with van der Waals surface area (Å²) >= 11 is 0. The van der Waals surface area contributed by atoms with Gasteiger partial charge in [0.1, 0.15) is 0 Å². The van der Waals surface area contributed by atoms with E-state index in [-0.39, 0.29) is 30.4 Å². The monoisotopic (exact) mass is 132 g/mol. The average Bonchev–Trinajstić information content (AvgIpc) is 1.77. The van der Waals surface area contributed by atoms with Crippen LogP contribution in [-0.4, -0.2) is 30.4 Å². The van der Waals surface area contributed by atoms with Gasteiger partial charge in [-0.15, -0.1) is 0 Å². The molecule has 4 N–H and O–H groups in total. The zero-order chi connectivity index (χ0) is 5.98. The number of piperazine rings is 1. The Morgan fingerprint density at radius 2 is 1.33 bits per heavy atom. The van der Waals surface area contributed by atoms with Crippen LogP contribution in [0.4, 0.5) is 0 Å². The maximum absolute atomic E-state index is 10.3. The first-order chi connectivity index (χ1) is 3.79. The van der Waals surface area contributed by atoms with Crippen molar-refractivity contribution in [2.45, 2.75) is 0 Å². The van der Waals surface area contributed by atoms with Crippen LogP contribution in [0.25, 0.3) is 0 Å². The standard InChI is InChI=1S/C4H6N2O2.H2O/c7-3-1-5-4(8)2-6-3;/h1-2H2,(H,5,8)(H,6,7);1H2. The summed E-state index contributed by atoms with van der Waals surface area (Å²) in [6, 6.07) is 0. The molecule has 0 unspecified atom stereocenters. The Hall–Kier alpha value is -1.10. The largest absolute Gasteiger partial charge is 0.412 e. The lowest BCUT2D eigenvalue weighted by Crippen LogP contribution is -2.48. The summed E-state index contributed by atoms with van der Waals surface area (Å²) in [6.45, 7) is 0.248. The molecule has 9 heavy (non-hydrogen) atoms. The third-order valence-corrected chi connectivity index (χ3v) is 0.892. The number of nitrogens with one attached hydrogen (secondary N) is 2. The van der Waals surface area contributed by atoms with E-state index in [4.69, 9.17) is 0 Å². The number of rotatable bonds is 0. The van der Waals surface area contributed by atoms with Gasteiger partial charge < -0.3 is 16.1 Å². The van der Waals surface area contributed by atoms with Gasteiger partial charge in [0.15, 0.2) is 0 Å². The molecule has 0 saturated carbocycles. The van der Waals surface area contributed by atoms with Crippen LogP contribution in [0, 0.1) is 0 Å². The molecular formula is C4H8N2O3.